The molecule has 0 amide bonds. The van der Waals surface area contributed by atoms with Crippen molar-refractivity contribution in [1.29, 1.82) is 5.26 Å². The second kappa shape index (κ2) is 4.58. The maximum Gasteiger partial charge on any atom is 0.203 e. The molecule has 0 atom stereocenters. The summed E-state index contributed by atoms with van der Waals surface area (Å²) in [4.78, 5) is 11.6. The van der Waals surface area contributed by atoms with Crippen molar-refractivity contribution in [2.75, 3.05) is 5.43 Å². The lowest BCUT2D eigenvalue weighted by molar-refractivity contribution is -0.113. The van der Waals surface area contributed by atoms with E-state index in [1.807, 2.05) is 36.4 Å². The van der Waals surface area contributed by atoms with Gasteiger partial charge in [-0.2, -0.15) is 10.4 Å². The van der Waals surface area contributed by atoms with Gasteiger partial charge >= 0.3 is 0 Å². The van der Waals surface area contributed by atoms with E-state index in [9.17, 15) is 4.79 Å². The molecule has 2 rings (SSSR count). The SMILES string of the molecule is N#C/C(=N/Nc1ccccc1)C(=O)C1CC1. The number of hydrazone groups is 1. The van der Waals surface area contributed by atoms with Crippen LogP contribution < -0.4 is 5.43 Å². The van der Waals surface area contributed by atoms with Crippen LogP contribution in [-0.4, -0.2) is 11.5 Å². The lowest BCUT2D eigenvalue weighted by atomic mass is 10.2. The molecule has 16 heavy (non-hydrogen) atoms. The Morgan fingerprint density at radius 1 is 1.38 bits per heavy atom. The summed E-state index contributed by atoms with van der Waals surface area (Å²) >= 11 is 0. The number of anilines is 1. The number of ketones is 1. The molecule has 1 aromatic rings. The average molecular weight is 213 g/mol. The number of nitrogens with one attached hydrogen (secondary N) is 1. The van der Waals surface area contributed by atoms with Gasteiger partial charge < -0.3 is 0 Å². The maximum atomic E-state index is 11.6. The zero-order valence-corrected chi connectivity index (χ0v) is 8.68. The van der Waals surface area contributed by atoms with Gasteiger partial charge in [-0.1, -0.05) is 18.2 Å². The van der Waals surface area contributed by atoms with Crippen molar-refractivity contribution in [3.05, 3.63) is 30.3 Å². The van der Waals surface area contributed by atoms with E-state index in [4.69, 9.17) is 5.26 Å². The molecule has 4 nitrogen and oxygen atoms in total. The molecule has 4 heteroatoms. The van der Waals surface area contributed by atoms with Gasteiger partial charge in [-0.3, -0.25) is 10.2 Å². The van der Waals surface area contributed by atoms with Crippen LogP contribution in [0.3, 0.4) is 0 Å². The highest BCUT2D eigenvalue weighted by molar-refractivity contribution is 6.47. The monoisotopic (exact) mass is 213 g/mol. The van der Waals surface area contributed by atoms with Crippen LogP contribution in [0.2, 0.25) is 0 Å². The number of Topliss-reactive ketones (excluding diaryl/α,β-unsaturated/α-hetero) is 1. The highest BCUT2D eigenvalue weighted by Gasteiger charge is 2.32. The molecule has 0 bridgehead atoms. The molecule has 0 unspecified atom stereocenters. The predicted octanol–water partition coefficient (Wildman–Crippen LogP) is 1.96. The number of benzene rings is 1. The summed E-state index contributed by atoms with van der Waals surface area (Å²) in [6, 6.07) is 11.1. The van der Waals surface area contributed by atoms with Crippen LogP contribution in [0.1, 0.15) is 12.8 Å². The van der Waals surface area contributed by atoms with E-state index in [0.717, 1.165) is 18.5 Å². The molecule has 0 saturated heterocycles. The smallest absolute Gasteiger partial charge is 0.203 e. The molecule has 0 radical (unpaired) electrons. The lowest BCUT2D eigenvalue weighted by Crippen LogP contribution is -2.15. The van der Waals surface area contributed by atoms with Gasteiger partial charge in [0, 0.05) is 5.92 Å². The Kier molecular flexibility index (Phi) is 2.97. The van der Waals surface area contributed by atoms with Crippen LogP contribution in [0.25, 0.3) is 0 Å². The Bertz CT molecular complexity index is 455. The van der Waals surface area contributed by atoms with Gasteiger partial charge in [-0.15, -0.1) is 0 Å². The summed E-state index contributed by atoms with van der Waals surface area (Å²) in [5, 5.41) is 12.6. The lowest BCUT2D eigenvalue weighted by Gasteiger charge is -1.99. The van der Waals surface area contributed by atoms with E-state index in [-0.39, 0.29) is 17.4 Å². The first-order valence-electron chi connectivity index (χ1n) is 5.14. The first kappa shape index (κ1) is 10.4. The first-order chi connectivity index (χ1) is 7.81. The van der Waals surface area contributed by atoms with Gasteiger partial charge in [0.05, 0.1) is 5.69 Å². The number of rotatable bonds is 4. The van der Waals surface area contributed by atoms with Gasteiger partial charge in [0.25, 0.3) is 0 Å². The van der Waals surface area contributed by atoms with Crippen LogP contribution in [0.4, 0.5) is 5.69 Å². The molecule has 0 heterocycles. The van der Waals surface area contributed by atoms with Crippen molar-refractivity contribution in [3.8, 4) is 6.07 Å². The van der Waals surface area contributed by atoms with Crippen molar-refractivity contribution >= 4 is 17.2 Å². The summed E-state index contributed by atoms with van der Waals surface area (Å²) < 4.78 is 0. The molecule has 1 fully saturated rings. The third-order valence-corrected chi connectivity index (χ3v) is 2.36. The Labute approximate surface area is 93.6 Å². The summed E-state index contributed by atoms with van der Waals surface area (Å²) in [5.74, 6) is -0.123. The van der Waals surface area contributed by atoms with Crippen LogP contribution >= 0.6 is 0 Å². The van der Waals surface area contributed by atoms with Gasteiger partial charge in [-0.25, -0.2) is 0 Å². The molecule has 1 aromatic carbocycles. The van der Waals surface area contributed by atoms with Crippen molar-refractivity contribution in [3.63, 3.8) is 0 Å². The molecule has 0 spiro atoms. The standard InChI is InChI=1S/C12H11N3O/c13-8-11(12(16)9-6-7-9)15-14-10-4-2-1-3-5-10/h1-5,9,14H,6-7H2/b15-11-. The van der Waals surface area contributed by atoms with Crippen molar-refractivity contribution in [2.24, 2.45) is 11.0 Å². The number of nitriles is 1. The molecule has 1 aliphatic rings. The third-order valence-electron chi connectivity index (χ3n) is 2.36. The van der Waals surface area contributed by atoms with Crippen LogP contribution in [0.5, 0.6) is 0 Å². The fourth-order valence-corrected chi connectivity index (χ4v) is 1.31. The first-order valence-corrected chi connectivity index (χ1v) is 5.14. The Hall–Kier alpha value is -2.15. The minimum Gasteiger partial charge on any atom is -0.291 e. The van der Waals surface area contributed by atoms with Crippen molar-refractivity contribution in [2.45, 2.75) is 12.8 Å². The fourth-order valence-electron chi connectivity index (χ4n) is 1.31. The van der Waals surface area contributed by atoms with E-state index in [0.29, 0.717) is 0 Å². The topological polar surface area (TPSA) is 65.2 Å². The fraction of sp³-hybridized carbons (Fsp3) is 0.250. The molecule has 80 valence electrons. The Morgan fingerprint density at radius 2 is 2.06 bits per heavy atom. The van der Waals surface area contributed by atoms with Crippen LogP contribution in [-0.2, 0) is 4.79 Å². The van der Waals surface area contributed by atoms with Crippen molar-refractivity contribution in [1.82, 2.24) is 0 Å². The van der Waals surface area contributed by atoms with Gasteiger partial charge in [0.15, 0.2) is 5.78 Å². The number of carbonyl (C=O) groups excluding carboxylic acids is 1. The molecule has 1 aliphatic carbocycles. The number of para-hydroxylation sites is 1. The molecule has 0 aromatic heterocycles. The number of nitrogens with zero attached hydrogens (tertiary/aromatic N) is 2. The molecule has 1 saturated carbocycles. The molecular formula is C12H11N3O. The third kappa shape index (κ3) is 2.45. The zero-order valence-electron chi connectivity index (χ0n) is 8.68. The van der Waals surface area contributed by atoms with Gasteiger partial charge in [0.2, 0.25) is 5.71 Å². The number of carbonyl (C=O) groups is 1. The van der Waals surface area contributed by atoms with E-state index >= 15 is 0 Å². The van der Waals surface area contributed by atoms with Gasteiger partial charge in [0.1, 0.15) is 6.07 Å². The van der Waals surface area contributed by atoms with Crippen LogP contribution in [0.15, 0.2) is 35.4 Å². The van der Waals surface area contributed by atoms with E-state index in [1.54, 1.807) is 0 Å². The Morgan fingerprint density at radius 3 is 2.62 bits per heavy atom. The second-order valence-corrected chi connectivity index (χ2v) is 3.69. The second-order valence-electron chi connectivity index (χ2n) is 3.69. The summed E-state index contributed by atoms with van der Waals surface area (Å²) in [5.41, 5.74) is 3.43. The van der Waals surface area contributed by atoms with Crippen LogP contribution in [0, 0.1) is 17.2 Å². The summed E-state index contributed by atoms with van der Waals surface area (Å²) in [7, 11) is 0. The van der Waals surface area contributed by atoms with Crippen molar-refractivity contribution < 1.29 is 4.79 Å². The van der Waals surface area contributed by atoms with E-state index < -0.39 is 0 Å². The maximum absolute atomic E-state index is 11.6. The highest BCUT2D eigenvalue weighted by atomic mass is 16.1. The molecular weight excluding hydrogens is 202 g/mol. The minimum atomic E-state index is -0.147. The average Bonchev–Trinajstić information content (AvgIpc) is 3.15. The number of hydrogen-bond donors (Lipinski definition) is 1. The quantitative estimate of drug-likeness (QED) is 0.614. The zero-order chi connectivity index (χ0) is 11.4. The van der Waals surface area contributed by atoms with E-state index in [1.165, 1.54) is 0 Å². The highest BCUT2D eigenvalue weighted by Crippen LogP contribution is 2.30. The summed E-state index contributed by atoms with van der Waals surface area (Å²) in [6.07, 6.45) is 1.76. The Balaban J connectivity index is 2.05. The molecule has 1 N–H and O–H groups in total. The van der Waals surface area contributed by atoms with E-state index in [2.05, 4.69) is 10.5 Å². The largest absolute Gasteiger partial charge is 0.291 e. The molecule has 0 aliphatic heterocycles. The number of hydrogen-bond acceptors (Lipinski definition) is 4. The van der Waals surface area contributed by atoms with Gasteiger partial charge in [-0.05, 0) is 25.0 Å². The summed E-state index contributed by atoms with van der Waals surface area (Å²) in [6.45, 7) is 0. The minimum absolute atomic E-state index is 0.0240. The normalized spacial score (nSPS) is 15.3. The predicted molar refractivity (Wildman–Crippen MR) is 60.8 cm³/mol.